The molecular formula is C24H27ClN2O3. The summed E-state index contributed by atoms with van der Waals surface area (Å²) in [6, 6.07) is 14.8. The van der Waals surface area contributed by atoms with Gasteiger partial charge in [-0.2, -0.15) is 0 Å². The predicted octanol–water partition coefficient (Wildman–Crippen LogP) is 5.08. The number of ether oxygens (including phenoxy) is 1. The lowest BCUT2D eigenvalue weighted by Crippen LogP contribution is -2.35. The Balaban J connectivity index is 1.93. The molecule has 2 aromatic rings. The molecule has 0 radical (unpaired) electrons. The van der Waals surface area contributed by atoms with E-state index in [1.165, 1.54) is 10.5 Å². The number of nitrogens with zero attached hydrogens (tertiary/aromatic N) is 1. The topological polar surface area (TPSA) is 58.6 Å². The zero-order chi connectivity index (χ0) is 21.8. The lowest BCUT2D eigenvalue weighted by atomic mass is 10.0. The smallest absolute Gasteiger partial charge is 0.278 e. The van der Waals surface area contributed by atoms with Crippen molar-refractivity contribution < 1.29 is 14.3 Å². The first-order valence-electron chi connectivity index (χ1n) is 10.1. The van der Waals surface area contributed by atoms with Crippen LogP contribution in [0.5, 0.6) is 0 Å². The minimum atomic E-state index is -0.356. The molecule has 0 saturated carbocycles. The van der Waals surface area contributed by atoms with E-state index in [1.807, 2.05) is 38.1 Å². The van der Waals surface area contributed by atoms with Gasteiger partial charge in [0.05, 0.1) is 24.8 Å². The van der Waals surface area contributed by atoms with Crippen molar-refractivity contribution in [2.45, 2.75) is 39.7 Å². The maximum absolute atomic E-state index is 13.1. The third-order valence-electron chi connectivity index (χ3n) is 4.91. The molecule has 0 bridgehead atoms. The van der Waals surface area contributed by atoms with Gasteiger partial charge in [0.25, 0.3) is 11.8 Å². The summed E-state index contributed by atoms with van der Waals surface area (Å²) in [5.74, 6) is -0.282. The number of benzene rings is 2. The summed E-state index contributed by atoms with van der Waals surface area (Å²) in [7, 11) is 0. The van der Waals surface area contributed by atoms with E-state index < -0.39 is 0 Å². The fraction of sp³-hybridized carbons (Fsp3) is 0.333. The van der Waals surface area contributed by atoms with Crippen molar-refractivity contribution in [3.8, 4) is 0 Å². The second-order valence-corrected chi connectivity index (χ2v) is 8.28. The van der Waals surface area contributed by atoms with Gasteiger partial charge < -0.3 is 10.1 Å². The van der Waals surface area contributed by atoms with E-state index in [0.29, 0.717) is 28.7 Å². The van der Waals surface area contributed by atoms with Crippen molar-refractivity contribution in [1.82, 2.24) is 4.90 Å². The van der Waals surface area contributed by atoms with Crippen molar-refractivity contribution in [2.24, 2.45) is 0 Å². The molecule has 0 spiro atoms. The Labute approximate surface area is 182 Å². The molecule has 2 aromatic carbocycles. The van der Waals surface area contributed by atoms with Crippen molar-refractivity contribution in [1.29, 1.82) is 0 Å². The van der Waals surface area contributed by atoms with E-state index in [1.54, 1.807) is 24.3 Å². The van der Waals surface area contributed by atoms with Crippen molar-refractivity contribution in [3.05, 3.63) is 70.4 Å². The molecule has 30 heavy (non-hydrogen) atoms. The molecule has 5 nitrogen and oxygen atoms in total. The number of nitrogens with one attached hydrogen (secondary N) is 1. The fourth-order valence-electron chi connectivity index (χ4n) is 3.25. The Morgan fingerprint density at radius 2 is 1.57 bits per heavy atom. The molecule has 1 aliphatic heterocycles. The average Bonchev–Trinajstić information content (AvgIpc) is 2.93. The number of hydrogen-bond donors (Lipinski definition) is 1. The first-order valence-corrected chi connectivity index (χ1v) is 10.5. The first kappa shape index (κ1) is 22.1. The number of rotatable bonds is 8. The van der Waals surface area contributed by atoms with Crippen LogP contribution in [0, 0.1) is 0 Å². The molecular weight excluding hydrogens is 400 g/mol. The van der Waals surface area contributed by atoms with E-state index in [4.69, 9.17) is 16.3 Å². The molecule has 2 amide bonds. The van der Waals surface area contributed by atoms with Crippen LogP contribution in [-0.2, 0) is 14.3 Å². The Bertz CT molecular complexity index is 947. The largest absolute Gasteiger partial charge is 0.377 e. The van der Waals surface area contributed by atoms with Crippen LogP contribution < -0.4 is 5.32 Å². The highest BCUT2D eigenvalue weighted by Crippen LogP contribution is 2.31. The number of halogens is 1. The molecule has 0 fully saturated rings. The highest BCUT2D eigenvalue weighted by molar-refractivity contribution is 6.36. The first-order chi connectivity index (χ1) is 14.3. The van der Waals surface area contributed by atoms with Crippen LogP contribution in [0.25, 0.3) is 5.57 Å². The molecule has 0 aliphatic carbocycles. The second kappa shape index (κ2) is 9.45. The third-order valence-corrected chi connectivity index (χ3v) is 5.17. The Kier molecular flexibility index (Phi) is 6.95. The normalized spacial score (nSPS) is 14.4. The summed E-state index contributed by atoms with van der Waals surface area (Å²) < 4.78 is 5.54. The second-order valence-electron chi connectivity index (χ2n) is 7.84. The Hall–Kier alpha value is -2.63. The monoisotopic (exact) mass is 426 g/mol. The molecule has 0 unspecified atom stereocenters. The van der Waals surface area contributed by atoms with Gasteiger partial charge in [-0.15, -0.1) is 0 Å². The average molecular weight is 427 g/mol. The minimum absolute atomic E-state index is 0.0265. The number of imide groups is 1. The van der Waals surface area contributed by atoms with Gasteiger partial charge in [0.1, 0.15) is 5.70 Å². The van der Waals surface area contributed by atoms with Crippen LogP contribution in [0.3, 0.4) is 0 Å². The van der Waals surface area contributed by atoms with Crippen LogP contribution in [-0.4, -0.2) is 36.0 Å². The zero-order valence-electron chi connectivity index (χ0n) is 17.7. The number of carbonyl (C=O) groups excluding carboxylic acids is 2. The van der Waals surface area contributed by atoms with Crippen LogP contribution in [0.15, 0.2) is 54.2 Å². The van der Waals surface area contributed by atoms with Crippen molar-refractivity contribution in [2.75, 3.05) is 18.5 Å². The van der Waals surface area contributed by atoms with Gasteiger partial charge in [-0.25, -0.2) is 0 Å². The third kappa shape index (κ3) is 4.91. The molecule has 0 saturated heterocycles. The summed E-state index contributed by atoms with van der Waals surface area (Å²) in [6.45, 7) is 8.57. The van der Waals surface area contributed by atoms with Gasteiger partial charge >= 0.3 is 0 Å². The lowest BCUT2D eigenvalue weighted by molar-refractivity contribution is -0.137. The van der Waals surface area contributed by atoms with E-state index in [0.717, 1.165) is 5.69 Å². The SMILES string of the molecule is CC(C)OCCN1C(=O)C(Nc2ccc(C(C)C)cc2)=C(c2ccc(Cl)cc2)C1=O. The maximum Gasteiger partial charge on any atom is 0.278 e. The van der Waals surface area contributed by atoms with Gasteiger partial charge in [0, 0.05) is 10.7 Å². The fourth-order valence-corrected chi connectivity index (χ4v) is 3.38. The van der Waals surface area contributed by atoms with Crippen molar-refractivity contribution >= 4 is 34.7 Å². The maximum atomic E-state index is 13.1. The lowest BCUT2D eigenvalue weighted by Gasteiger charge is -2.16. The number of carbonyl (C=O) groups is 2. The summed E-state index contributed by atoms with van der Waals surface area (Å²) in [5, 5.41) is 3.74. The summed E-state index contributed by atoms with van der Waals surface area (Å²) in [4.78, 5) is 27.5. The van der Waals surface area contributed by atoms with Crippen LogP contribution >= 0.6 is 11.6 Å². The van der Waals surface area contributed by atoms with Gasteiger partial charge in [0.15, 0.2) is 0 Å². The van der Waals surface area contributed by atoms with E-state index in [9.17, 15) is 9.59 Å². The summed E-state index contributed by atoms with van der Waals surface area (Å²) in [5.41, 5.74) is 3.21. The van der Waals surface area contributed by atoms with Crippen LogP contribution in [0.2, 0.25) is 5.02 Å². The number of hydrogen-bond acceptors (Lipinski definition) is 4. The standard InChI is InChI=1S/C24H27ClN2O3/c1-15(2)17-7-11-20(12-8-17)26-22-21(18-5-9-19(25)10-6-18)23(28)27(24(22)29)13-14-30-16(3)4/h5-12,15-16,26H,13-14H2,1-4H3. The molecule has 0 aromatic heterocycles. The molecule has 0 atom stereocenters. The molecule has 1 aliphatic rings. The number of amides is 2. The van der Waals surface area contributed by atoms with E-state index >= 15 is 0 Å². The number of anilines is 1. The summed E-state index contributed by atoms with van der Waals surface area (Å²) in [6.07, 6.45) is 0.0265. The molecule has 1 N–H and O–H groups in total. The predicted molar refractivity (Wildman–Crippen MR) is 120 cm³/mol. The zero-order valence-corrected chi connectivity index (χ0v) is 18.5. The van der Waals surface area contributed by atoms with E-state index in [2.05, 4.69) is 19.2 Å². The van der Waals surface area contributed by atoms with Crippen molar-refractivity contribution in [3.63, 3.8) is 0 Å². The Morgan fingerprint density at radius 3 is 2.13 bits per heavy atom. The van der Waals surface area contributed by atoms with Gasteiger partial charge in [-0.1, -0.05) is 49.7 Å². The highest BCUT2D eigenvalue weighted by atomic mass is 35.5. The molecule has 158 valence electrons. The van der Waals surface area contributed by atoms with Crippen LogP contribution in [0.1, 0.15) is 44.7 Å². The van der Waals surface area contributed by atoms with E-state index in [-0.39, 0.29) is 30.2 Å². The van der Waals surface area contributed by atoms with Gasteiger partial charge in [-0.3, -0.25) is 14.5 Å². The molecule has 6 heteroatoms. The Morgan fingerprint density at radius 1 is 0.933 bits per heavy atom. The summed E-state index contributed by atoms with van der Waals surface area (Å²) >= 11 is 6.01. The molecule has 1 heterocycles. The molecule has 3 rings (SSSR count). The minimum Gasteiger partial charge on any atom is -0.377 e. The van der Waals surface area contributed by atoms with Gasteiger partial charge in [-0.05, 0) is 55.2 Å². The van der Waals surface area contributed by atoms with Crippen LogP contribution in [0.4, 0.5) is 5.69 Å². The highest BCUT2D eigenvalue weighted by Gasteiger charge is 2.39. The van der Waals surface area contributed by atoms with Gasteiger partial charge in [0.2, 0.25) is 0 Å². The quantitative estimate of drug-likeness (QED) is 0.598.